The van der Waals surface area contributed by atoms with Gasteiger partial charge in [-0.25, -0.2) is 18.4 Å². The van der Waals surface area contributed by atoms with E-state index in [1.807, 2.05) is 26.0 Å². The molecular weight excluding hydrogens is 392 g/mol. The molecule has 1 aliphatic heterocycles. The molecule has 1 fully saturated rings. The first-order valence-corrected chi connectivity index (χ1v) is 11.6. The molecule has 6 nitrogen and oxygen atoms in total. The fourth-order valence-electron chi connectivity index (χ4n) is 3.67. The van der Waals surface area contributed by atoms with Gasteiger partial charge >= 0.3 is 0 Å². The molecule has 1 saturated heterocycles. The third-order valence-corrected chi connectivity index (χ3v) is 8.60. The van der Waals surface area contributed by atoms with E-state index in [1.54, 1.807) is 28.0 Å². The SMILES string of the molecule is Cc1ccc(C)c(S(=O)(=O)N2CCN(c3ncnc4sc(C)c(C)c34)CC2)c1. The Balaban J connectivity index is 1.60. The Hall–Kier alpha value is -2.03. The van der Waals surface area contributed by atoms with Crippen LogP contribution < -0.4 is 4.90 Å². The van der Waals surface area contributed by atoms with Crippen molar-refractivity contribution >= 4 is 37.4 Å². The number of nitrogens with zero attached hydrogens (tertiary/aromatic N) is 4. The minimum absolute atomic E-state index is 0.412. The number of sulfonamides is 1. The van der Waals surface area contributed by atoms with Crippen LogP contribution in [0.5, 0.6) is 0 Å². The van der Waals surface area contributed by atoms with Crippen molar-refractivity contribution in [2.75, 3.05) is 31.1 Å². The molecule has 0 aliphatic carbocycles. The lowest BCUT2D eigenvalue weighted by molar-refractivity contribution is 0.384. The molecule has 4 rings (SSSR count). The summed E-state index contributed by atoms with van der Waals surface area (Å²) >= 11 is 1.68. The van der Waals surface area contributed by atoms with Gasteiger partial charge in [-0.1, -0.05) is 12.1 Å². The zero-order chi connectivity index (χ0) is 20.1. The molecule has 0 saturated carbocycles. The topological polar surface area (TPSA) is 66.4 Å². The van der Waals surface area contributed by atoms with E-state index in [4.69, 9.17) is 0 Å². The van der Waals surface area contributed by atoms with Crippen molar-refractivity contribution in [3.05, 3.63) is 46.1 Å². The number of aryl methyl sites for hydroxylation is 4. The van der Waals surface area contributed by atoms with Gasteiger partial charge in [0.2, 0.25) is 10.0 Å². The van der Waals surface area contributed by atoms with Crippen LogP contribution in [0.25, 0.3) is 10.2 Å². The number of piperazine rings is 1. The molecule has 0 atom stereocenters. The van der Waals surface area contributed by atoms with E-state index in [9.17, 15) is 8.42 Å². The predicted octanol–water partition coefficient (Wildman–Crippen LogP) is 3.44. The molecule has 1 aromatic carbocycles. The van der Waals surface area contributed by atoms with Crippen LogP contribution in [0.3, 0.4) is 0 Å². The highest BCUT2D eigenvalue weighted by molar-refractivity contribution is 7.89. The average Bonchev–Trinajstić information content (AvgIpc) is 2.98. The van der Waals surface area contributed by atoms with Gasteiger partial charge in [-0.15, -0.1) is 11.3 Å². The standard InChI is InChI=1S/C20H24N4O2S2/c1-13-5-6-14(2)17(11-13)28(25,26)24-9-7-23(8-10-24)19-18-15(3)16(4)27-20(18)22-12-21-19/h5-6,11-12H,7-10H2,1-4H3. The van der Waals surface area contributed by atoms with Gasteiger partial charge in [0.1, 0.15) is 17.0 Å². The maximum atomic E-state index is 13.2. The van der Waals surface area contributed by atoms with Crippen molar-refractivity contribution in [3.63, 3.8) is 0 Å². The number of thiophene rings is 1. The van der Waals surface area contributed by atoms with Gasteiger partial charge < -0.3 is 4.90 Å². The Morgan fingerprint density at radius 2 is 1.71 bits per heavy atom. The second-order valence-corrected chi connectivity index (χ2v) is 10.4. The number of rotatable bonds is 3. The Bertz CT molecular complexity index is 1150. The monoisotopic (exact) mass is 416 g/mol. The second-order valence-electron chi connectivity index (χ2n) is 7.32. The van der Waals surface area contributed by atoms with Gasteiger partial charge in [-0.2, -0.15) is 4.31 Å². The van der Waals surface area contributed by atoms with E-state index < -0.39 is 10.0 Å². The molecular formula is C20H24N4O2S2. The van der Waals surface area contributed by atoms with Crippen molar-refractivity contribution < 1.29 is 8.42 Å². The normalized spacial score (nSPS) is 16.1. The van der Waals surface area contributed by atoms with Crippen LogP contribution in [0.15, 0.2) is 29.4 Å². The molecule has 0 radical (unpaired) electrons. The van der Waals surface area contributed by atoms with E-state index in [0.717, 1.165) is 27.2 Å². The van der Waals surface area contributed by atoms with E-state index in [-0.39, 0.29) is 0 Å². The molecule has 0 spiro atoms. The van der Waals surface area contributed by atoms with Gasteiger partial charge in [-0.3, -0.25) is 0 Å². The van der Waals surface area contributed by atoms with Crippen LogP contribution in [0.4, 0.5) is 5.82 Å². The lowest BCUT2D eigenvalue weighted by Crippen LogP contribution is -2.49. The highest BCUT2D eigenvalue weighted by atomic mass is 32.2. The molecule has 148 valence electrons. The quantitative estimate of drug-likeness (QED) is 0.654. The van der Waals surface area contributed by atoms with Crippen molar-refractivity contribution in [2.24, 2.45) is 0 Å². The number of fused-ring (bicyclic) bond motifs is 1. The Morgan fingerprint density at radius 1 is 1.00 bits per heavy atom. The number of aromatic nitrogens is 2. The number of benzene rings is 1. The van der Waals surface area contributed by atoms with Gasteiger partial charge in [0.25, 0.3) is 0 Å². The predicted molar refractivity (Wildman–Crippen MR) is 114 cm³/mol. The van der Waals surface area contributed by atoms with Crippen molar-refractivity contribution in [1.82, 2.24) is 14.3 Å². The lowest BCUT2D eigenvalue weighted by atomic mass is 10.2. The number of hydrogen-bond donors (Lipinski definition) is 0. The third-order valence-electron chi connectivity index (χ3n) is 5.44. The summed E-state index contributed by atoms with van der Waals surface area (Å²) in [7, 11) is -3.49. The van der Waals surface area contributed by atoms with Crippen LogP contribution >= 0.6 is 11.3 Å². The first-order valence-electron chi connectivity index (χ1n) is 9.32. The number of hydrogen-bond acceptors (Lipinski definition) is 6. The van der Waals surface area contributed by atoms with Gasteiger partial charge in [0.05, 0.1) is 10.3 Å². The summed E-state index contributed by atoms with van der Waals surface area (Å²) < 4.78 is 27.9. The minimum Gasteiger partial charge on any atom is -0.353 e. The third kappa shape index (κ3) is 3.19. The molecule has 0 unspecified atom stereocenters. The maximum Gasteiger partial charge on any atom is 0.243 e. The van der Waals surface area contributed by atoms with Gasteiger partial charge in [0, 0.05) is 31.1 Å². The summed E-state index contributed by atoms with van der Waals surface area (Å²) in [6.07, 6.45) is 1.60. The molecule has 3 heterocycles. The first-order chi connectivity index (χ1) is 13.3. The lowest BCUT2D eigenvalue weighted by Gasteiger charge is -2.35. The van der Waals surface area contributed by atoms with Crippen LogP contribution in [0.1, 0.15) is 21.6 Å². The molecule has 1 aliphatic rings. The summed E-state index contributed by atoms with van der Waals surface area (Å²) in [5, 5.41) is 1.09. The fraction of sp³-hybridized carbons (Fsp3) is 0.400. The Morgan fingerprint density at radius 3 is 2.43 bits per heavy atom. The maximum absolute atomic E-state index is 13.2. The summed E-state index contributed by atoms with van der Waals surface area (Å²) in [6.45, 7) is 10.1. The highest BCUT2D eigenvalue weighted by Gasteiger charge is 2.31. The molecule has 2 aromatic heterocycles. The number of anilines is 1. The molecule has 0 N–H and O–H groups in total. The Labute approximate surface area is 169 Å². The zero-order valence-corrected chi connectivity index (χ0v) is 18.2. The Kier molecular flexibility index (Phi) is 4.89. The van der Waals surface area contributed by atoms with Crippen molar-refractivity contribution in [3.8, 4) is 0 Å². The van der Waals surface area contributed by atoms with E-state index in [2.05, 4.69) is 28.7 Å². The summed E-state index contributed by atoms with van der Waals surface area (Å²) in [5.74, 6) is 0.913. The fourth-order valence-corrected chi connectivity index (χ4v) is 6.39. The largest absolute Gasteiger partial charge is 0.353 e. The molecule has 0 bridgehead atoms. The highest BCUT2D eigenvalue weighted by Crippen LogP contribution is 2.34. The average molecular weight is 417 g/mol. The molecule has 8 heteroatoms. The van der Waals surface area contributed by atoms with E-state index >= 15 is 0 Å². The van der Waals surface area contributed by atoms with E-state index in [1.165, 1.54) is 10.4 Å². The summed E-state index contributed by atoms with van der Waals surface area (Å²) in [6, 6.07) is 5.58. The van der Waals surface area contributed by atoms with Crippen molar-refractivity contribution in [2.45, 2.75) is 32.6 Å². The summed E-state index contributed by atoms with van der Waals surface area (Å²) in [4.78, 5) is 13.8. The van der Waals surface area contributed by atoms with Gasteiger partial charge in [0.15, 0.2) is 0 Å². The van der Waals surface area contributed by atoms with Crippen LogP contribution in [-0.4, -0.2) is 48.9 Å². The minimum atomic E-state index is -3.49. The summed E-state index contributed by atoms with van der Waals surface area (Å²) in [5.41, 5.74) is 2.95. The van der Waals surface area contributed by atoms with Gasteiger partial charge in [-0.05, 0) is 50.5 Å². The van der Waals surface area contributed by atoms with Crippen LogP contribution in [0, 0.1) is 27.7 Å². The molecule has 28 heavy (non-hydrogen) atoms. The van der Waals surface area contributed by atoms with E-state index in [0.29, 0.717) is 31.1 Å². The molecule has 3 aromatic rings. The molecule has 0 amide bonds. The first kappa shape index (κ1) is 19.3. The van der Waals surface area contributed by atoms with Crippen LogP contribution in [0.2, 0.25) is 0 Å². The van der Waals surface area contributed by atoms with Crippen LogP contribution in [-0.2, 0) is 10.0 Å². The zero-order valence-electron chi connectivity index (χ0n) is 16.6. The van der Waals surface area contributed by atoms with Crippen molar-refractivity contribution in [1.29, 1.82) is 0 Å². The smallest absolute Gasteiger partial charge is 0.243 e. The second kappa shape index (κ2) is 7.09.